The number of nitrogens with one attached hydrogen (secondary N) is 3. The highest BCUT2D eigenvalue weighted by atomic mass is 16.5. The van der Waals surface area contributed by atoms with Crippen LogP contribution in [0.5, 0.6) is 5.75 Å². The van der Waals surface area contributed by atoms with Crippen LogP contribution in [-0.4, -0.2) is 42.2 Å². The third kappa shape index (κ3) is 3.38. The van der Waals surface area contributed by atoms with E-state index in [9.17, 15) is 10.0 Å². The molecular formula is C22H28N6O4. The first kappa shape index (κ1) is 20.7. The summed E-state index contributed by atoms with van der Waals surface area (Å²) in [4.78, 5) is 21.4. The molecule has 2 aromatic rings. The largest absolute Gasteiger partial charge is 0.710 e. The number of aromatic nitrogens is 3. The van der Waals surface area contributed by atoms with Gasteiger partial charge in [-0.25, -0.2) is 15.0 Å². The van der Waals surface area contributed by atoms with E-state index >= 15 is 0 Å². The second kappa shape index (κ2) is 8.09. The first-order valence-electron chi connectivity index (χ1n) is 11.1. The van der Waals surface area contributed by atoms with Gasteiger partial charge in [0.2, 0.25) is 5.75 Å². The SMILES string of the molecule is COc1c(Nc2cc(C)c3c([n+]2[O-])C2(CCCCC2)NC3=O)ncnc1N[C@H]1CCOC1. The molecule has 0 radical (unpaired) electrons. The van der Waals surface area contributed by atoms with Crippen LogP contribution in [0.25, 0.3) is 0 Å². The number of rotatable bonds is 5. The van der Waals surface area contributed by atoms with Gasteiger partial charge in [-0.15, -0.1) is 0 Å². The molecular weight excluding hydrogens is 412 g/mol. The maximum atomic E-state index is 13.5. The highest BCUT2D eigenvalue weighted by Gasteiger charge is 2.48. The van der Waals surface area contributed by atoms with Crippen LogP contribution in [-0.2, 0) is 10.3 Å². The lowest BCUT2D eigenvalue weighted by molar-refractivity contribution is -0.603. The van der Waals surface area contributed by atoms with Gasteiger partial charge in [0.15, 0.2) is 5.82 Å². The van der Waals surface area contributed by atoms with E-state index in [0.29, 0.717) is 47.7 Å². The number of fused-ring (bicyclic) bond motifs is 2. The molecule has 1 spiro atoms. The Morgan fingerprint density at radius 1 is 1.28 bits per heavy atom. The van der Waals surface area contributed by atoms with Crippen LogP contribution >= 0.6 is 0 Å². The van der Waals surface area contributed by atoms with Gasteiger partial charge in [0.25, 0.3) is 17.5 Å². The molecule has 0 aromatic carbocycles. The molecule has 32 heavy (non-hydrogen) atoms. The summed E-state index contributed by atoms with van der Waals surface area (Å²) >= 11 is 0. The Kier molecular flexibility index (Phi) is 5.24. The first-order valence-corrected chi connectivity index (χ1v) is 11.1. The highest BCUT2D eigenvalue weighted by Crippen LogP contribution is 2.42. The van der Waals surface area contributed by atoms with Gasteiger partial charge in [-0.2, -0.15) is 4.98 Å². The number of carbonyl (C=O) groups excluding carboxylic acids is 1. The van der Waals surface area contributed by atoms with Crippen LogP contribution in [0.2, 0.25) is 0 Å². The van der Waals surface area contributed by atoms with E-state index in [2.05, 4.69) is 25.9 Å². The van der Waals surface area contributed by atoms with E-state index < -0.39 is 5.54 Å². The van der Waals surface area contributed by atoms with Gasteiger partial charge in [-0.05, 0) is 31.7 Å². The Labute approximate surface area is 186 Å². The lowest BCUT2D eigenvalue weighted by Gasteiger charge is -2.34. The predicted octanol–water partition coefficient (Wildman–Crippen LogP) is 2.27. The molecule has 2 fully saturated rings. The maximum absolute atomic E-state index is 13.5. The summed E-state index contributed by atoms with van der Waals surface area (Å²) in [7, 11) is 1.54. The minimum absolute atomic E-state index is 0.140. The summed E-state index contributed by atoms with van der Waals surface area (Å²) in [5.74, 6) is 1.47. The quantitative estimate of drug-likeness (QED) is 0.478. The zero-order valence-electron chi connectivity index (χ0n) is 18.4. The Hall–Kier alpha value is -3.14. The molecule has 4 heterocycles. The Balaban J connectivity index is 1.52. The van der Waals surface area contributed by atoms with E-state index in [1.54, 1.807) is 13.2 Å². The zero-order valence-corrected chi connectivity index (χ0v) is 18.4. The second-order valence-corrected chi connectivity index (χ2v) is 8.76. The molecule has 1 aliphatic carbocycles. The van der Waals surface area contributed by atoms with Crippen LogP contribution in [0.4, 0.5) is 17.5 Å². The Morgan fingerprint density at radius 3 is 2.78 bits per heavy atom. The lowest BCUT2D eigenvalue weighted by Crippen LogP contribution is -2.49. The van der Waals surface area contributed by atoms with Crippen molar-refractivity contribution >= 4 is 23.4 Å². The fourth-order valence-electron chi connectivity index (χ4n) is 5.13. The van der Waals surface area contributed by atoms with Gasteiger partial charge in [-0.3, -0.25) is 4.79 Å². The number of aryl methyl sites for hydroxylation is 1. The van der Waals surface area contributed by atoms with Crippen molar-refractivity contribution in [2.75, 3.05) is 31.0 Å². The molecule has 1 amide bonds. The van der Waals surface area contributed by atoms with Crippen molar-refractivity contribution in [1.29, 1.82) is 0 Å². The smallest absolute Gasteiger partial charge is 0.284 e. The second-order valence-electron chi connectivity index (χ2n) is 8.76. The minimum Gasteiger partial charge on any atom is -0.710 e. The third-order valence-electron chi connectivity index (χ3n) is 6.67. The van der Waals surface area contributed by atoms with Crippen LogP contribution < -0.4 is 25.4 Å². The van der Waals surface area contributed by atoms with Gasteiger partial charge < -0.3 is 25.3 Å². The lowest BCUT2D eigenvalue weighted by atomic mass is 9.79. The number of ether oxygens (including phenoxy) is 2. The number of methoxy groups -OCH3 is 1. The molecule has 2 aliphatic heterocycles. The predicted molar refractivity (Wildman–Crippen MR) is 117 cm³/mol. The molecule has 0 bridgehead atoms. The molecule has 1 saturated heterocycles. The van der Waals surface area contributed by atoms with Crippen molar-refractivity contribution in [3.63, 3.8) is 0 Å². The van der Waals surface area contributed by atoms with Gasteiger partial charge >= 0.3 is 0 Å². The fraction of sp³-hybridized carbons (Fsp3) is 0.545. The Morgan fingerprint density at radius 2 is 2.06 bits per heavy atom. The van der Waals surface area contributed by atoms with Crippen LogP contribution in [0.15, 0.2) is 12.4 Å². The summed E-state index contributed by atoms with van der Waals surface area (Å²) in [6.07, 6.45) is 6.92. The molecule has 1 atom stereocenters. The third-order valence-corrected chi connectivity index (χ3v) is 6.67. The van der Waals surface area contributed by atoms with E-state index in [0.717, 1.165) is 48.8 Å². The zero-order chi connectivity index (χ0) is 22.3. The Bertz CT molecular complexity index is 1050. The number of nitrogens with zero attached hydrogens (tertiary/aromatic N) is 3. The normalized spacial score (nSPS) is 21.3. The fourth-order valence-corrected chi connectivity index (χ4v) is 5.13. The summed E-state index contributed by atoms with van der Waals surface area (Å²) < 4.78 is 11.9. The number of pyridine rings is 1. The van der Waals surface area contributed by atoms with Gasteiger partial charge in [0, 0.05) is 12.7 Å². The number of anilines is 3. The van der Waals surface area contributed by atoms with Crippen LogP contribution in [0.1, 0.15) is 60.1 Å². The molecule has 10 nitrogen and oxygen atoms in total. The van der Waals surface area contributed by atoms with E-state index in [1.807, 2.05) is 6.92 Å². The monoisotopic (exact) mass is 440 g/mol. The van der Waals surface area contributed by atoms with Gasteiger partial charge in [0.05, 0.1) is 25.3 Å². The topological polar surface area (TPSA) is 124 Å². The minimum atomic E-state index is -0.597. The van der Waals surface area contributed by atoms with Gasteiger partial charge in [-0.1, -0.05) is 19.3 Å². The molecule has 10 heteroatoms. The standard InChI is InChI=1S/C22H28N6O4/c1-13-10-15(28(30)18-16(13)21(29)27-22(18)7-4-3-5-8-22)26-20-17(31-2)19(23-12-24-20)25-14-6-9-32-11-14/h10,12,14H,3-9,11H2,1-2H3,(H,27,29)(H2,23,24,25,26)/t14-/m0/s1. The highest BCUT2D eigenvalue weighted by molar-refractivity contribution is 6.00. The molecule has 3 aliphatic rings. The summed E-state index contributed by atoms with van der Waals surface area (Å²) in [6, 6.07) is 1.83. The molecule has 5 rings (SSSR count). The summed E-state index contributed by atoms with van der Waals surface area (Å²) in [6.45, 7) is 3.16. The van der Waals surface area contributed by atoms with Crippen molar-refractivity contribution in [3.8, 4) is 5.75 Å². The molecule has 170 valence electrons. The van der Waals surface area contributed by atoms with E-state index in [1.165, 1.54) is 6.33 Å². The van der Waals surface area contributed by atoms with Gasteiger partial charge in [0.1, 0.15) is 17.6 Å². The number of hydrogen-bond donors (Lipinski definition) is 3. The van der Waals surface area contributed by atoms with Crippen molar-refractivity contribution in [2.24, 2.45) is 0 Å². The van der Waals surface area contributed by atoms with Crippen molar-refractivity contribution in [3.05, 3.63) is 34.4 Å². The van der Waals surface area contributed by atoms with E-state index in [-0.39, 0.29) is 11.9 Å². The average Bonchev–Trinajstić information content (AvgIpc) is 3.39. The molecule has 2 aromatic heterocycles. The van der Waals surface area contributed by atoms with Crippen molar-refractivity contribution < 1.29 is 19.0 Å². The number of carbonyl (C=O) groups is 1. The van der Waals surface area contributed by atoms with Crippen LogP contribution in [0.3, 0.4) is 0 Å². The van der Waals surface area contributed by atoms with Crippen molar-refractivity contribution in [1.82, 2.24) is 15.3 Å². The summed E-state index contributed by atoms with van der Waals surface area (Å²) in [5, 5.41) is 23.1. The maximum Gasteiger partial charge on any atom is 0.284 e. The van der Waals surface area contributed by atoms with E-state index in [4.69, 9.17) is 9.47 Å². The molecule has 0 unspecified atom stereocenters. The van der Waals surface area contributed by atoms with Crippen molar-refractivity contribution in [2.45, 2.75) is 57.0 Å². The number of amides is 1. The first-order chi connectivity index (χ1) is 15.5. The molecule has 3 N–H and O–H groups in total. The molecule has 1 saturated carbocycles. The van der Waals surface area contributed by atoms with Crippen LogP contribution in [0, 0.1) is 12.1 Å². The number of hydrogen-bond acceptors (Lipinski definition) is 8. The average molecular weight is 441 g/mol. The summed E-state index contributed by atoms with van der Waals surface area (Å²) in [5.41, 5.74) is 1.16.